The van der Waals surface area contributed by atoms with Crippen molar-refractivity contribution in [3.63, 3.8) is 0 Å². The molecule has 3 aliphatic rings. The molecule has 190 valence electrons. The molecule has 1 fully saturated rings. The maximum absolute atomic E-state index is 12.8. The molecular formula is C22H34N3O7PS. The lowest BCUT2D eigenvalue weighted by Gasteiger charge is -2.37. The topological polar surface area (TPSA) is 158 Å². The Morgan fingerprint density at radius 3 is 2.44 bits per heavy atom. The van der Waals surface area contributed by atoms with Gasteiger partial charge in [-0.1, -0.05) is 26.1 Å². The number of nitrogens with zero attached hydrogens (tertiary/aromatic N) is 2. The van der Waals surface area contributed by atoms with E-state index >= 15 is 0 Å². The summed E-state index contributed by atoms with van der Waals surface area (Å²) in [5.74, 6) is 0.509. The zero-order chi connectivity index (χ0) is 25.6. The molecule has 4 unspecified atom stereocenters. The second-order valence-corrected chi connectivity index (χ2v) is 12.0. The van der Waals surface area contributed by atoms with Crippen LogP contribution in [0.2, 0.25) is 0 Å². The van der Waals surface area contributed by atoms with E-state index in [0.717, 1.165) is 11.4 Å². The summed E-state index contributed by atoms with van der Waals surface area (Å²) in [4.78, 5) is 22.4. The summed E-state index contributed by atoms with van der Waals surface area (Å²) in [7, 11) is -4.43. The first-order valence-corrected chi connectivity index (χ1v) is 13.3. The molecule has 5 N–H and O–H groups in total. The number of nitrogens with one attached hydrogen (secondary N) is 1. The van der Waals surface area contributed by atoms with E-state index in [-0.39, 0.29) is 17.5 Å². The molecule has 12 heteroatoms. The van der Waals surface area contributed by atoms with E-state index in [9.17, 15) is 24.8 Å². The molecule has 10 nitrogen and oxygen atoms in total. The van der Waals surface area contributed by atoms with Crippen LogP contribution in [-0.2, 0) is 13.8 Å². The lowest BCUT2D eigenvalue weighted by molar-refractivity contribution is -0.0532. The highest BCUT2D eigenvalue weighted by molar-refractivity contribution is 7.71. The number of aliphatic hydroxyl groups is 3. The molecule has 0 aliphatic carbocycles. The summed E-state index contributed by atoms with van der Waals surface area (Å²) in [6.07, 6.45) is -4.16. The van der Waals surface area contributed by atoms with Crippen LogP contribution in [0.1, 0.15) is 70.0 Å². The average molecular weight is 516 g/mol. The van der Waals surface area contributed by atoms with Crippen LogP contribution < -0.4 is 0 Å². The SMILES string of the molecule is CCC(C)(C[C@H]1O[C@@H](c2cc3nc(C)c(C)[nH]c-3nc2=S)[C@@H](O)C1O)OP(=O)(O)C(C)(O)CC. The number of aryl methyl sites for hydroxylation is 2. The molecule has 0 radical (unpaired) electrons. The van der Waals surface area contributed by atoms with Gasteiger partial charge in [-0.2, -0.15) is 0 Å². The van der Waals surface area contributed by atoms with E-state index in [1.165, 1.54) is 6.92 Å². The van der Waals surface area contributed by atoms with E-state index in [0.29, 0.717) is 23.5 Å². The maximum Gasteiger partial charge on any atom is 0.359 e. The minimum atomic E-state index is -4.43. The smallest absolute Gasteiger partial charge is 0.359 e. The summed E-state index contributed by atoms with van der Waals surface area (Å²) in [5, 5.41) is 29.9. The molecular weight excluding hydrogens is 481 g/mol. The van der Waals surface area contributed by atoms with Crippen LogP contribution in [0.3, 0.4) is 0 Å². The molecule has 7 atom stereocenters. The van der Waals surface area contributed by atoms with Gasteiger partial charge in [0.05, 0.1) is 17.4 Å². The van der Waals surface area contributed by atoms with Gasteiger partial charge in [-0.3, -0.25) is 4.57 Å². The molecule has 1 saturated heterocycles. The fourth-order valence-corrected chi connectivity index (χ4v) is 5.52. The van der Waals surface area contributed by atoms with Crippen molar-refractivity contribution < 1.29 is 34.0 Å². The summed E-state index contributed by atoms with van der Waals surface area (Å²) >= 11 is 5.43. The molecule has 3 aliphatic heterocycles. The fourth-order valence-electron chi connectivity index (χ4n) is 3.86. The number of aromatic amines is 1. The molecule has 34 heavy (non-hydrogen) atoms. The number of aliphatic hydroxyl groups excluding tert-OH is 2. The highest BCUT2D eigenvalue weighted by Gasteiger charge is 2.50. The summed E-state index contributed by atoms with van der Waals surface area (Å²) in [5.41, 5.74) is 1.40. The van der Waals surface area contributed by atoms with E-state index in [1.807, 2.05) is 13.8 Å². The van der Waals surface area contributed by atoms with Crippen molar-refractivity contribution in [2.45, 2.75) is 96.2 Å². The number of H-pyrrole nitrogens is 1. The van der Waals surface area contributed by atoms with Gasteiger partial charge >= 0.3 is 7.60 Å². The second-order valence-electron chi connectivity index (χ2n) is 9.46. The zero-order valence-corrected chi connectivity index (χ0v) is 22.0. The predicted molar refractivity (Wildman–Crippen MR) is 128 cm³/mol. The van der Waals surface area contributed by atoms with Crippen molar-refractivity contribution in [1.29, 1.82) is 0 Å². The van der Waals surface area contributed by atoms with Crippen molar-refractivity contribution >= 4 is 19.8 Å². The third kappa shape index (κ3) is 5.12. The molecule has 0 amide bonds. The highest BCUT2D eigenvalue weighted by Crippen LogP contribution is 2.59. The van der Waals surface area contributed by atoms with Gasteiger partial charge in [-0.05, 0) is 46.6 Å². The number of aromatic nitrogens is 3. The first kappa shape index (κ1) is 27.3. The number of hydrogen-bond acceptors (Lipinski definition) is 9. The number of rotatable bonds is 8. The number of ether oxygens (including phenoxy) is 1. The van der Waals surface area contributed by atoms with Gasteiger partial charge in [0.1, 0.15) is 28.6 Å². The van der Waals surface area contributed by atoms with Crippen LogP contribution in [0.15, 0.2) is 6.07 Å². The fraction of sp³-hybridized carbons (Fsp3) is 0.682. The summed E-state index contributed by atoms with van der Waals surface area (Å²) in [6.45, 7) is 9.93. The van der Waals surface area contributed by atoms with Gasteiger partial charge in [0.15, 0.2) is 11.2 Å². The lowest BCUT2D eigenvalue weighted by Crippen LogP contribution is -2.40. The van der Waals surface area contributed by atoms with Crippen molar-refractivity contribution in [1.82, 2.24) is 15.0 Å². The predicted octanol–water partition coefficient (Wildman–Crippen LogP) is 3.30. The zero-order valence-electron chi connectivity index (χ0n) is 20.3. The van der Waals surface area contributed by atoms with E-state index < -0.39 is 43.0 Å². The third-order valence-corrected chi connectivity index (χ3v) is 9.35. The normalized spacial score (nSPS) is 28.4. The Balaban J connectivity index is 1.88. The van der Waals surface area contributed by atoms with E-state index in [2.05, 4.69) is 15.0 Å². The van der Waals surface area contributed by atoms with Gasteiger partial charge in [-0.15, -0.1) is 0 Å². The van der Waals surface area contributed by atoms with Gasteiger partial charge < -0.3 is 34.5 Å². The van der Waals surface area contributed by atoms with Crippen LogP contribution in [0.25, 0.3) is 11.5 Å². The molecule has 0 spiro atoms. The first-order chi connectivity index (χ1) is 15.6. The van der Waals surface area contributed by atoms with E-state index in [1.54, 1.807) is 26.8 Å². The number of hydrogen-bond donors (Lipinski definition) is 5. The summed E-state index contributed by atoms with van der Waals surface area (Å²) in [6, 6.07) is 1.69. The Hall–Kier alpha value is -1.30. The van der Waals surface area contributed by atoms with Crippen molar-refractivity contribution in [3.8, 4) is 11.5 Å². The minimum absolute atomic E-state index is 0.000668. The number of fused-ring (bicyclic) bond motifs is 1. The molecule has 3 heterocycles. The Bertz CT molecular complexity index is 1130. The van der Waals surface area contributed by atoms with Gasteiger partial charge in [-0.25, -0.2) is 9.97 Å². The van der Waals surface area contributed by atoms with Crippen molar-refractivity contribution in [2.24, 2.45) is 0 Å². The van der Waals surface area contributed by atoms with Crippen LogP contribution >= 0.6 is 19.8 Å². The van der Waals surface area contributed by atoms with Gasteiger partial charge in [0, 0.05) is 17.7 Å². The Kier molecular flexibility index (Phi) is 7.73. The van der Waals surface area contributed by atoms with E-state index in [4.69, 9.17) is 21.5 Å². The Labute approximate surface area is 204 Å². The van der Waals surface area contributed by atoms with Crippen LogP contribution in [0, 0.1) is 18.5 Å². The largest absolute Gasteiger partial charge is 0.388 e. The average Bonchev–Trinajstić information content (AvgIpc) is 3.02. The number of pyridine rings is 1. The molecule has 3 rings (SSSR count). The molecule has 0 aromatic heterocycles. The second kappa shape index (κ2) is 9.63. The van der Waals surface area contributed by atoms with Crippen LogP contribution in [0.4, 0.5) is 0 Å². The van der Waals surface area contributed by atoms with Gasteiger partial charge in [0.2, 0.25) is 0 Å². The van der Waals surface area contributed by atoms with Crippen molar-refractivity contribution in [2.75, 3.05) is 0 Å². The Morgan fingerprint density at radius 2 is 1.85 bits per heavy atom. The first-order valence-electron chi connectivity index (χ1n) is 11.3. The molecule has 0 aromatic carbocycles. The van der Waals surface area contributed by atoms with Crippen LogP contribution in [-0.4, -0.2) is 64.4 Å². The maximum atomic E-state index is 12.8. The van der Waals surface area contributed by atoms with Crippen molar-refractivity contribution in [3.05, 3.63) is 27.7 Å². The molecule has 0 bridgehead atoms. The minimum Gasteiger partial charge on any atom is -0.388 e. The highest BCUT2D eigenvalue weighted by atomic mass is 32.1. The van der Waals surface area contributed by atoms with Gasteiger partial charge in [0.25, 0.3) is 0 Å². The molecule has 0 aromatic rings. The summed E-state index contributed by atoms with van der Waals surface area (Å²) < 4.78 is 24.6. The third-order valence-electron chi connectivity index (χ3n) is 6.80. The lowest BCUT2D eigenvalue weighted by atomic mass is 9.92. The standard InChI is InChI=1S/C22H34N3O7PS/c1-7-21(5,32-33(29,30)22(6,28)8-2)10-15-16(26)17(27)18(31-15)13-9-14-19(25-20(13)34)24-12(4)11(3)23-14/h9,15-18,26-28H,7-8,10H2,1-6H3,(H,29,30)(H,24,25,34)/t15-,16?,17+,18+,21?,22?/m1/s1. The quantitative estimate of drug-likeness (QED) is 0.261. The monoisotopic (exact) mass is 515 g/mol. The molecule has 0 saturated carbocycles. The van der Waals surface area contributed by atoms with Crippen LogP contribution in [0.5, 0.6) is 0 Å². The Morgan fingerprint density at radius 1 is 1.21 bits per heavy atom.